The third-order valence-electron chi connectivity index (χ3n) is 5.42. The molecule has 0 fully saturated rings. The minimum atomic E-state index is -0.214. The van der Waals surface area contributed by atoms with E-state index in [9.17, 15) is 4.79 Å². The number of carbonyl (C=O) groups excluding carboxylic acids is 1. The molecule has 32 heavy (non-hydrogen) atoms. The van der Waals surface area contributed by atoms with Gasteiger partial charge in [-0.05, 0) is 33.5 Å². The standard InChI is InChI=1S/C28H24O4/c1-30-21-17-26(31-2)28(27(18-21)32-3)25(29)16-15-20-10-5-7-13-23(20)24-14-8-11-19-9-4-6-12-22(19)24/h4-18H,1-3H3/b16-15+. The minimum Gasteiger partial charge on any atom is -0.496 e. The largest absolute Gasteiger partial charge is 0.496 e. The summed E-state index contributed by atoms with van der Waals surface area (Å²) in [6, 6.07) is 25.9. The van der Waals surface area contributed by atoms with Gasteiger partial charge in [0.1, 0.15) is 22.8 Å². The first-order valence-corrected chi connectivity index (χ1v) is 10.3. The van der Waals surface area contributed by atoms with E-state index in [1.807, 2.05) is 36.4 Å². The van der Waals surface area contributed by atoms with E-state index in [0.29, 0.717) is 22.8 Å². The molecule has 4 heteroatoms. The first-order chi connectivity index (χ1) is 15.7. The highest BCUT2D eigenvalue weighted by atomic mass is 16.5. The first-order valence-electron chi connectivity index (χ1n) is 10.3. The number of rotatable bonds is 7. The molecule has 0 aliphatic rings. The van der Waals surface area contributed by atoms with E-state index < -0.39 is 0 Å². The molecule has 0 heterocycles. The molecule has 0 atom stereocenters. The molecule has 4 aromatic rings. The van der Waals surface area contributed by atoms with Crippen LogP contribution in [0.2, 0.25) is 0 Å². The van der Waals surface area contributed by atoms with Gasteiger partial charge in [-0.2, -0.15) is 0 Å². The van der Waals surface area contributed by atoms with Crippen molar-refractivity contribution in [3.8, 4) is 28.4 Å². The topological polar surface area (TPSA) is 44.8 Å². The van der Waals surface area contributed by atoms with E-state index in [0.717, 1.165) is 16.7 Å². The lowest BCUT2D eigenvalue weighted by atomic mass is 9.94. The lowest BCUT2D eigenvalue weighted by Crippen LogP contribution is -2.03. The molecule has 4 rings (SSSR count). The zero-order valence-electron chi connectivity index (χ0n) is 18.3. The molecule has 0 aliphatic carbocycles. The third-order valence-corrected chi connectivity index (χ3v) is 5.42. The van der Waals surface area contributed by atoms with Crippen molar-refractivity contribution in [2.75, 3.05) is 21.3 Å². The molecule has 0 saturated heterocycles. The Kier molecular flexibility index (Phi) is 6.22. The van der Waals surface area contributed by atoms with Crippen LogP contribution in [0, 0.1) is 0 Å². The first kappa shape index (κ1) is 21.2. The molecule has 0 bridgehead atoms. The van der Waals surface area contributed by atoms with Crippen LogP contribution < -0.4 is 14.2 Å². The van der Waals surface area contributed by atoms with Crippen LogP contribution >= 0.6 is 0 Å². The number of methoxy groups -OCH3 is 3. The quantitative estimate of drug-likeness (QED) is 0.253. The van der Waals surface area contributed by atoms with Gasteiger partial charge in [0.25, 0.3) is 0 Å². The number of ketones is 1. The van der Waals surface area contributed by atoms with Crippen molar-refractivity contribution in [3.63, 3.8) is 0 Å². The molecular weight excluding hydrogens is 400 g/mol. The number of allylic oxidation sites excluding steroid dienone is 1. The normalized spacial score (nSPS) is 11.0. The molecule has 0 spiro atoms. The van der Waals surface area contributed by atoms with Gasteiger partial charge in [-0.1, -0.05) is 72.8 Å². The van der Waals surface area contributed by atoms with Crippen molar-refractivity contribution in [1.29, 1.82) is 0 Å². The summed E-state index contributed by atoms with van der Waals surface area (Å²) in [7, 11) is 4.59. The fourth-order valence-electron chi connectivity index (χ4n) is 3.85. The molecule has 0 amide bonds. The van der Waals surface area contributed by atoms with E-state index in [1.165, 1.54) is 25.0 Å². The average molecular weight is 424 g/mol. The van der Waals surface area contributed by atoms with Gasteiger partial charge in [0, 0.05) is 12.1 Å². The van der Waals surface area contributed by atoms with Crippen molar-refractivity contribution in [3.05, 3.63) is 96.1 Å². The Balaban J connectivity index is 1.76. The summed E-state index contributed by atoms with van der Waals surface area (Å²) in [6.45, 7) is 0. The predicted octanol–water partition coefficient (Wildman–Crippen LogP) is 6.43. The summed E-state index contributed by atoms with van der Waals surface area (Å²) in [5.74, 6) is 1.14. The molecule has 0 N–H and O–H groups in total. The molecular formula is C28H24O4. The zero-order valence-corrected chi connectivity index (χ0v) is 18.3. The van der Waals surface area contributed by atoms with Crippen molar-refractivity contribution in [1.82, 2.24) is 0 Å². The van der Waals surface area contributed by atoms with Crippen LogP contribution in [0.5, 0.6) is 17.2 Å². The molecule has 160 valence electrons. The van der Waals surface area contributed by atoms with E-state index in [-0.39, 0.29) is 5.78 Å². The monoisotopic (exact) mass is 424 g/mol. The second kappa shape index (κ2) is 9.40. The van der Waals surface area contributed by atoms with Crippen LogP contribution in [-0.4, -0.2) is 27.1 Å². The maximum absolute atomic E-state index is 13.1. The predicted molar refractivity (Wildman–Crippen MR) is 129 cm³/mol. The van der Waals surface area contributed by atoms with Gasteiger partial charge >= 0.3 is 0 Å². The highest BCUT2D eigenvalue weighted by Crippen LogP contribution is 2.35. The van der Waals surface area contributed by atoms with Gasteiger partial charge in [0.2, 0.25) is 0 Å². The summed E-state index contributed by atoms with van der Waals surface area (Å²) >= 11 is 0. The average Bonchev–Trinajstić information content (AvgIpc) is 2.86. The Morgan fingerprint density at radius 1 is 0.719 bits per heavy atom. The van der Waals surface area contributed by atoms with Crippen molar-refractivity contribution in [2.24, 2.45) is 0 Å². The SMILES string of the molecule is COc1cc(OC)c(C(=O)/C=C/c2ccccc2-c2cccc3ccccc23)c(OC)c1. The highest BCUT2D eigenvalue weighted by Gasteiger charge is 2.18. The summed E-state index contributed by atoms with van der Waals surface area (Å²) in [4.78, 5) is 13.1. The summed E-state index contributed by atoms with van der Waals surface area (Å²) < 4.78 is 16.1. The maximum Gasteiger partial charge on any atom is 0.193 e. The zero-order chi connectivity index (χ0) is 22.5. The molecule has 0 radical (unpaired) electrons. The van der Waals surface area contributed by atoms with E-state index in [2.05, 4.69) is 36.4 Å². The Labute approximate surface area is 187 Å². The summed E-state index contributed by atoms with van der Waals surface area (Å²) in [5.41, 5.74) is 3.48. The highest BCUT2D eigenvalue weighted by molar-refractivity contribution is 6.11. The lowest BCUT2D eigenvalue weighted by molar-refractivity contribution is 0.104. The van der Waals surface area contributed by atoms with Crippen LogP contribution in [0.1, 0.15) is 15.9 Å². The van der Waals surface area contributed by atoms with Crippen LogP contribution in [-0.2, 0) is 0 Å². The molecule has 0 aliphatic heterocycles. The number of fused-ring (bicyclic) bond motifs is 1. The smallest absolute Gasteiger partial charge is 0.193 e. The van der Waals surface area contributed by atoms with Crippen LogP contribution in [0.4, 0.5) is 0 Å². The Morgan fingerprint density at radius 2 is 1.34 bits per heavy atom. The van der Waals surface area contributed by atoms with Gasteiger partial charge in [-0.3, -0.25) is 4.79 Å². The molecule has 0 saturated carbocycles. The number of benzene rings is 4. The van der Waals surface area contributed by atoms with E-state index in [4.69, 9.17) is 14.2 Å². The maximum atomic E-state index is 13.1. The number of hydrogen-bond acceptors (Lipinski definition) is 4. The fourth-order valence-corrected chi connectivity index (χ4v) is 3.85. The van der Waals surface area contributed by atoms with Gasteiger partial charge in [0.15, 0.2) is 5.78 Å². The van der Waals surface area contributed by atoms with Crippen LogP contribution in [0.25, 0.3) is 28.0 Å². The van der Waals surface area contributed by atoms with Gasteiger partial charge < -0.3 is 14.2 Å². The van der Waals surface area contributed by atoms with Crippen molar-refractivity contribution in [2.45, 2.75) is 0 Å². The van der Waals surface area contributed by atoms with Gasteiger partial charge in [-0.15, -0.1) is 0 Å². The number of carbonyl (C=O) groups is 1. The van der Waals surface area contributed by atoms with Crippen LogP contribution in [0.3, 0.4) is 0 Å². The Hall–Kier alpha value is -4.05. The van der Waals surface area contributed by atoms with E-state index >= 15 is 0 Å². The van der Waals surface area contributed by atoms with Crippen molar-refractivity contribution < 1.29 is 19.0 Å². The van der Waals surface area contributed by atoms with E-state index in [1.54, 1.807) is 25.3 Å². The van der Waals surface area contributed by atoms with Crippen molar-refractivity contribution >= 4 is 22.6 Å². The second-order valence-electron chi connectivity index (χ2n) is 7.22. The number of ether oxygens (including phenoxy) is 3. The Bertz CT molecular complexity index is 1270. The lowest BCUT2D eigenvalue weighted by Gasteiger charge is -2.13. The second-order valence-corrected chi connectivity index (χ2v) is 7.22. The van der Waals surface area contributed by atoms with Gasteiger partial charge in [-0.25, -0.2) is 0 Å². The molecule has 0 unspecified atom stereocenters. The Morgan fingerprint density at radius 3 is 2.06 bits per heavy atom. The number of hydrogen-bond donors (Lipinski definition) is 0. The molecule has 4 nitrogen and oxygen atoms in total. The summed E-state index contributed by atoms with van der Waals surface area (Å²) in [5, 5.41) is 2.34. The minimum absolute atomic E-state index is 0.214. The van der Waals surface area contributed by atoms with Gasteiger partial charge in [0.05, 0.1) is 21.3 Å². The summed E-state index contributed by atoms with van der Waals surface area (Å²) in [6.07, 6.45) is 3.39. The fraction of sp³-hybridized carbons (Fsp3) is 0.107. The molecule has 0 aromatic heterocycles. The van der Waals surface area contributed by atoms with Crippen LogP contribution in [0.15, 0.2) is 84.9 Å². The molecule has 4 aromatic carbocycles. The third kappa shape index (κ3) is 4.08.